The van der Waals surface area contributed by atoms with Gasteiger partial charge in [-0.25, -0.2) is 9.13 Å². The quantitative estimate of drug-likeness (QED) is 0.0222. The second kappa shape index (κ2) is 64.4. The molecule has 0 bridgehead atoms. The topological polar surface area (TPSA) is 237 Å². The van der Waals surface area contributed by atoms with Crippen LogP contribution in [-0.4, -0.2) is 96.7 Å². The van der Waals surface area contributed by atoms with E-state index in [1.54, 1.807) is 0 Å². The third-order valence-electron chi connectivity index (χ3n) is 18.0. The molecule has 3 N–H and O–H groups in total. The zero-order valence-electron chi connectivity index (χ0n) is 61.6. The SMILES string of the molecule is CCC(C)CCCCCCCCCCCCCCCCCCCCC(=O)O[C@H](COC(=O)CCCCCCCCC(C)CC)COP(=O)(O)OC[C@H](O)COP(=O)(O)OC[C@@H](COC(=O)CCCCCCCCCCCC(C)C)OC(=O)CCCCCCCCCC(C)C. The molecule has 0 radical (unpaired) electrons. The molecule has 0 heterocycles. The van der Waals surface area contributed by atoms with Gasteiger partial charge in [0.15, 0.2) is 12.2 Å². The molecule has 0 aromatic heterocycles. The van der Waals surface area contributed by atoms with Crippen molar-refractivity contribution in [2.75, 3.05) is 39.6 Å². The Kier molecular flexibility index (Phi) is 63.1. The molecular weight excluding hydrogens is 1230 g/mol. The van der Waals surface area contributed by atoms with Crippen molar-refractivity contribution in [2.45, 2.75) is 395 Å². The third-order valence-corrected chi connectivity index (χ3v) is 19.9. The minimum absolute atomic E-state index is 0.103. The Morgan fingerprint density at radius 1 is 0.298 bits per heavy atom. The number of hydrogen-bond donors (Lipinski definition) is 3. The van der Waals surface area contributed by atoms with Crippen LogP contribution >= 0.6 is 15.6 Å². The molecule has 4 unspecified atom stereocenters. The molecule has 19 heteroatoms. The lowest BCUT2D eigenvalue weighted by Gasteiger charge is -2.21. The van der Waals surface area contributed by atoms with Crippen LogP contribution < -0.4 is 0 Å². The first-order valence-corrected chi connectivity index (χ1v) is 41.8. The van der Waals surface area contributed by atoms with Crippen LogP contribution in [0.2, 0.25) is 0 Å². The molecule has 0 amide bonds. The summed E-state index contributed by atoms with van der Waals surface area (Å²) in [4.78, 5) is 72.7. The van der Waals surface area contributed by atoms with Crippen molar-refractivity contribution in [3.05, 3.63) is 0 Å². The van der Waals surface area contributed by atoms with Gasteiger partial charge in [-0.05, 0) is 49.4 Å². The lowest BCUT2D eigenvalue weighted by molar-refractivity contribution is -0.161. The highest BCUT2D eigenvalue weighted by molar-refractivity contribution is 7.47. The molecular formula is C75H146O17P2. The molecule has 7 atom stereocenters. The Morgan fingerprint density at radius 3 is 0.755 bits per heavy atom. The first-order valence-electron chi connectivity index (χ1n) is 38.8. The Morgan fingerprint density at radius 2 is 0.511 bits per heavy atom. The summed E-state index contributed by atoms with van der Waals surface area (Å²) < 4.78 is 68.4. The maximum atomic E-state index is 13.1. The summed E-state index contributed by atoms with van der Waals surface area (Å²) in [6.45, 7) is 14.1. The van der Waals surface area contributed by atoms with Gasteiger partial charge >= 0.3 is 39.5 Å². The van der Waals surface area contributed by atoms with E-state index >= 15 is 0 Å². The average Bonchev–Trinajstić information content (AvgIpc) is 1.29. The zero-order chi connectivity index (χ0) is 69.6. The van der Waals surface area contributed by atoms with Crippen LogP contribution in [-0.2, 0) is 65.4 Å². The molecule has 0 spiro atoms. The van der Waals surface area contributed by atoms with Crippen LogP contribution in [0.5, 0.6) is 0 Å². The second-order valence-corrected chi connectivity index (χ2v) is 31.4. The normalized spacial score (nSPS) is 14.7. The highest BCUT2D eigenvalue weighted by Crippen LogP contribution is 2.45. The van der Waals surface area contributed by atoms with Gasteiger partial charge in [0.05, 0.1) is 26.4 Å². The highest BCUT2D eigenvalue weighted by atomic mass is 31.2. The van der Waals surface area contributed by atoms with Gasteiger partial charge in [-0.15, -0.1) is 0 Å². The Bertz CT molecular complexity index is 1850. The Labute approximate surface area is 575 Å². The number of unbranched alkanes of at least 4 members (excludes halogenated alkanes) is 36. The first kappa shape index (κ1) is 92.1. The van der Waals surface area contributed by atoms with Crippen LogP contribution in [0.1, 0.15) is 376 Å². The van der Waals surface area contributed by atoms with Crippen LogP contribution in [0.4, 0.5) is 0 Å². The van der Waals surface area contributed by atoms with E-state index in [9.17, 15) is 43.2 Å². The monoisotopic (exact) mass is 1380 g/mol. The summed E-state index contributed by atoms with van der Waals surface area (Å²) in [5.74, 6) is 0.914. The fourth-order valence-corrected chi connectivity index (χ4v) is 12.9. The summed E-state index contributed by atoms with van der Waals surface area (Å²) in [6.07, 6.45) is 48.8. The highest BCUT2D eigenvalue weighted by Gasteiger charge is 2.30. The van der Waals surface area contributed by atoms with Crippen molar-refractivity contribution in [1.82, 2.24) is 0 Å². The van der Waals surface area contributed by atoms with Gasteiger partial charge in [0, 0.05) is 25.7 Å². The first-order chi connectivity index (χ1) is 45.2. The van der Waals surface area contributed by atoms with Crippen LogP contribution in [0, 0.1) is 23.7 Å². The number of aliphatic hydroxyl groups excluding tert-OH is 1. The maximum absolute atomic E-state index is 13.1. The van der Waals surface area contributed by atoms with Crippen molar-refractivity contribution >= 4 is 39.5 Å². The summed E-state index contributed by atoms with van der Waals surface area (Å²) in [6, 6.07) is 0. The van der Waals surface area contributed by atoms with Crippen LogP contribution in [0.15, 0.2) is 0 Å². The van der Waals surface area contributed by atoms with Gasteiger partial charge in [-0.2, -0.15) is 0 Å². The molecule has 0 aliphatic heterocycles. The molecule has 0 fully saturated rings. The molecule has 0 aromatic rings. The number of carbonyl (C=O) groups is 4. The fourth-order valence-electron chi connectivity index (χ4n) is 11.3. The summed E-state index contributed by atoms with van der Waals surface area (Å²) >= 11 is 0. The van der Waals surface area contributed by atoms with Gasteiger partial charge in [0.25, 0.3) is 0 Å². The minimum atomic E-state index is -4.96. The van der Waals surface area contributed by atoms with Gasteiger partial charge in [-0.3, -0.25) is 37.3 Å². The predicted molar refractivity (Wildman–Crippen MR) is 381 cm³/mol. The summed E-state index contributed by atoms with van der Waals surface area (Å²) in [5.41, 5.74) is 0. The van der Waals surface area contributed by atoms with Crippen LogP contribution in [0.25, 0.3) is 0 Å². The predicted octanol–water partition coefficient (Wildman–Crippen LogP) is 21.7. The van der Waals surface area contributed by atoms with E-state index in [-0.39, 0.29) is 25.7 Å². The lowest BCUT2D eigenvalue weighted by atomic mass is 9.99. The van der Waals surface area contributed by atoms with E-state index < -0.39 is 97.5 Å². The molecule has 0 saturated carbocycles. The number of rotatable bonds is 72. The minimum Gasteiger partial charge on any atom is -0.462 e. The van der Waals surface area contributed by atoms with Crippen molar-refractivity contribution < 1.29 is 80.2 Å². The van der Waals surface area contributed by atoms with Crippen molar-refractivity contribution in [1.29, 1.82) is 0 Å². The molecule has 0 aliphatic rings. The molecule has 558 valence electrons. The second-order valence-electron chi connectivity index (χ2n) is 28.5. The van der Waals surface area contributed by atoms with Gasteiger partial charge in [0.1, 0.15) is 19.3 Å². The standard InChI is InChI=1S/C75H146O17P2/c1-9-67(7)53-45-37-29-23-19-17-15-13-11-12-14-16-18-20-24-31-41-49-57-74(79)91-71(62-86-73(78)56-48-40-34-33-38-46-54-68(8)10-2)64-90-94(83,84)88-60-69(76)59-87-93(81,82)89-63-70(92-75(80)58-50-42-32-26-28-36-44-52-66(5)6)61-85-72(77)55-47-39-30-25-21-22-27-35-43-51-65(3)4/h65-71,76H,9-64H2,1-8H3,(H,81,82)(H,83,84)/t67?,68?,69-,70-,71-/m1/s1. The Hall–Kier alpha value is -1.94. The summed E-state index contributed by atoms with van der Waals surface area (Å²) in [7, 11) is -9.91. The number of esters is 4. The molecule has 0 aliphatic carbocycles. The van der Waals surface area contributed by atoms with Crippen molar-refractivity contribution in [3.63, 3.8) is 0 Å². The maximum Gasteiger partial charge on any atom is 0.472 e. The average molecular weight is 1380 g/mol. The van der Waals surface area contributed by atoms with E-state index in [0.29, 0.717) is 31.6 Å². The number of hydrogen-bond acceptors (Lipinski definition) is 15. The van der Waals surface area contributed by atoms with Gasteiger partial charge in [-0.1, -0.05) is 325 Å². The van der Waals surface area contributed by atoms with E-state index in [1.165, 1.54) is 173 Å². The van der Waals surface area contributed by atoms with E-state index in [0.717, 1.165) is 114 Å². The van der Waals surface area contributed by atoms with Gasteiger partial charge < -0.3 is 33.8 Å². The smallest absolute Gasteiger partial charge is 0.462 e. The number of ether oxygens (including phenoxy) is 4. The Balaban J connectivity index is 5.16. The number of carbonyl (C=O) groups excluding carboxylic acids is 4. The number of phosphoric acid groups is 2. The largest absolute Gasteiger partial charge is 0.472 e. The molecule has 0 aromatic carbocycles. The summed E-state index contributed by atoms with van der Waals surface area (Å²) in [5, 5.41) is 10.6. The van der Waals surface area contributed by atoms with Crippen LogP contribution in [0.3, 0.4) is 0 Å². The fraction of sp³-hybridized carbons (Fsp3) is 0.947. The molecule has 0 saturated heterocycles. The number of aliphatic hydroxyl groups is 1. The van der Waals surface area contributed by atoms with E-state index in [1.807, 2.05) is 0 Å². The third kappa shape index (κ3) is 66.0. The zero-order valence-corrected chi connectivity index (χ0v) is 63.4. The van der Waals surface area contributed by atoms with Crippen molar-refractivity contribution in [3.8, 4) is 0 Å². The molecule has 0 rings (SSSR count). The lowest BCUT2D eigenvalue weighted by Crippen LogP contribution is -2.30. The van der Waals surface area contributed by atoms with Crippen molar-refractivity contribution in [2.24, 2.45) is 23.7 Å². The van der Waals surface area contributed by atoms with Gasteiger partial charge in [0.2, 0.25) is 0 Å². The molecule has 17 nitrogen and oxygen atoms in total. The molecule has 94 heavy (non-hydrogen) atoms. The van der Waals surface area contributed by atoms with E-state index in [4.69, 9.17) is 37.0 Å². The van der Waals surface area contributed by atoms with E-state index in [2.05, 4.69) is 55.4 Å². The number of phosphoric ester groups is 2.